The number of benzene rings is 1. The summed E-state index contributed by atoms with van der Waals surface area (Å²) in [4.78, 5) is 13.7. The largest absolute Gasteiger partial charge is 0.444 e. The molecule has 5 nitrogen and oxygen atoms in total. The van der Waals surface area contributed by atoms with Crippen LogP contribution >= 0.6 is 11.6 Å². The number of amides is 1. The van der Waals surface area contributed by atoms with Crippen LogP contribution in [0.2, 0.25) is 5.02 Å². The second kappa shape index (κ2) is 6.45. The van der Waals surface area contributed by atoms with Crippen LogP contribution in [-0.2, 0) is 4.74 Å². The van der Waals surface area contributed by atoms with Gasteiger partial charge in [0.1, 0.15) is 5.60 Å². The minimum atomic E-state index is -0.493. The molecule has 1 atom stereocenters. The Morgan fingerprint density at radius 1 is 1.50 bits per heavy atom. The van der Waals surface area contributed by atoms with Crippen LogP contribution in [-0.4, -0.2) is 35.7 Å². The molecular weight excluding hydrogens is 302 g/mol. The van der Waals surface area contributed by atoms with E-state index < -0.39 is 5.60 Å². The number of halogens is 1. The van der Waals surface area contributed by atoms with Crippen LogP contribution in [0.3, 0.4) is 0 Å². The number of hydrogen-bond donors (Lipinski definition) is 1. The number of ether oxygens (including phenoxy) is 1. The number of likely N-dealkylation sites (tertiary alicyclic amines) is 1. The molecule has 1 aliphatic rings. The van der Waals surface area contributed by atoms with E-state index >= 15 is 0 Å². The zero-order valence-electron chi connectivity index (χ0n) is 13.0. The van der Waals surface area contributed by atoms with Crippen molar-refractivity contribution in [3.05, 3.63) is 28.8 Å². The van der Waals surface area contributed by atoms with Gasteiger partial charge in [0.15, 0.2) is 0 Å². The SMILES string of the molecule is CC(C)(C)OC(=O)N1CCC(Nc2cc(C#N)ccc2Cl)C1. The molecule has 0 spiro atoms. The smallest absolute Gasteiger partial charge is 0.410 e. The highest BCUT2D eigenvalue weighted by Gasteiger charge is 2.29. The summed E-state index contributed by atoms with van der Waals surface area (Å²) in [5.41, 5.74) is 0.776. The summed E-state index contributed by atoms with van der Waals surface area (Å²) in [6.45, 7) is 6.75. The maximum absolute atomic E-state index is 12.0. The number of nitrogens with one attached hydrogen (secondary N) is 1. The van der Waals surface area contributed by atoms with Gasteiger partial charge in [0.2, 0.25) is 0 Å². The molecule has 1 heterocycles. The highest BCUT2D eigenvalue weighted by Crippen LogP contribution is 2.26. The summed E-state index contributed by atoms with van der Waals surface area (Å²) in [5.74, 6) is 0. The number of nitrogens with zero attached hydrogens (tertiary/aromatic N) is 2. The average Bonchev–Trinajstić information content (AvgIpc) is 2.88. The third-order valence-electron chi connectivity index (χ3n) is 3.30. The first-order valence-electron chi connectivity index (χ1n) is 7.22. The quantitative estimate of drug-likeness (QED) is 0.903. The molecule has 0 aliphatic carbocycles. The summed E-state index contributed by atoms with van der Waals surface area (Å²) >= 11 is 6.14. The zero-order valence-corrected chi connectivity index (χ0v) is 13.8. The minimum Gasteiger partial charge on any atom is -0.444 e. The highest BCUT2D eigenvalue weighted by atomic mass is 35.5. The third kappa shape index (κ3) is 4.28. The molecule has 1 fully saturated rings. The molecule has 1 aromatic carbocycles. The lowest BCUT2D eigenvalue weighted by Crippen LogP contribution is -2.36. The van der Waals surface area contributed by atoms with Gasteiger partial charge in [-0.15, -0.1) is 0 Å². The van der Waals surface area contributed by atoms with Crippen LogP contribution in [0.4, 0.5) is 10.5 Å². The van der Waals surface area contributed by atoms with Gasteiger partial charge in [-0.3, -0.25) is 0 Å². The van der Waals surface area contributed by atoms with E-state index in [9.17, 15) is 4.79 Å². The van der Waals surface area contributed by atoms with Crippen LogP contribution in [0.1, 0.15) is 32.8 Å². The zero-order chi connectivity index (χ0) is 16.3. The van der Waals surface area contributed by atoms with Crippen molar-refractivity contribution in [1.29, 1.82) is 5.26 Å². The van der Waals surface area contributed by atoms with Crippen molar-refractivity contribution in [2.75, 3.05) is 18.4 Å². The maximum Gasteiger partial charge on any atom is 0.410 e. The summed E-state index contributed by atoms with van der Waals surface area (Å²) in [5, 5.41) is 12.8. The Bertz CT molecular complexity index is 604. The first kappa shape index (κ1) is 16.4. The molecular formula is C16H20ClN3O2. The van der Waals surface area contributed by atoms with Gasteiger partial charge in [0.05, 0.1) is 22.3 Å². The average molecular weight is 322 g/mol. The van der Waals surface area contributed by atoms with E-state index in [2.05, 4.69) is 11.4 Å². The maximum atomic E-state index is 12.0. The summed E-state index contributed by atoms with van der Waals surface area (Å²) < 4.78 is 5.37. The fourth-order valence-electron chi connectivity index (χ4n) is 2.30. The molecule has 6 heteroatoms. The van der Waals surface area contributed by atoms with E-state index in [1.54, 1.807) is 23.1 Å². The lowest BCUT2D eigenvalue weighted by atomic mass is 10.2. The van der Waals surface area contributed by atoms with Crippen molar-refractivity contribution in [2.45, 2.75) is 38.8 Å². The van der Waals surface area contributed by atoms with Crippen LogP contribution in [0.5, 0.6) is 0 Å². The second-order valence-corrected chi connectivity index (χ2v) is 6.77. The molecule has 22 heavy (non-hydrogen) atoms. The Morgan fingerprint density at radius 3 is 2.86 bits per heavy atom. The van der Waals surface area contributed by atoms with E-state index in [0.29, 0.717) is 23.7 Å². The van der Waals surface area contributed by atoms with Gasteiger partial charge in [-0.25, -0.2) is 4.79 Å². The topological polar surface area (TPSA) is 65.4 Å². The Balaban J connectivity index is 1.97. The monoisotopic (exact) mass is 321 g/mol. The number of rotatable bonds is 2. The summed E-state index contributed by atoms with van der Waals surface area (Å²) in [7, 11) is 0. The normalized spacial score (nSPS) is 18.0. The molecule has 0 bridgehead atoms. The van der Waals surface area contributed by atoms with Crippen LogP contribution < -0.4 is 5.32 Å². The van der Waals surface area contributed by atoms with E-state index in [-0.39, 0.29) is 12.1 Å². The van der Waals surface area contributed by atoms with E-state index in [1.165, 1.54) is 0 Å². The Kier molecular flexibility index (Phi) is 4.82. The molecule has 1 aliphatic heterocycles. The molecule has 1 aromatic rings. The first-order valence-corrected chi connectivity index (χ1v) is 7.60. The number of nitriles is 1. The van der Waals surface area contributed by atoms with Gasteiger partial charge in [-0.2, -0.15) is 5.26 Å². The lowest BCUT2D eigenvalue weighted by Gasteiger charge is -2.24. The molecule has 0 aromatic heterocycles. The lowest BCUT2D eigenvalue weighted by molar-refractivity contribution is 0.0293. The number of anilines is 1. The standard InChI is InChI=1S/C16H20ClN3O2/c1-16(2,3)22-15(21)20-7-6-12(10-20)19-14-8-11(9-18)4-5-13(14)17/h4-5,8,12,19H,6-7,10H2,1-3H3. The molecule has 2 rings (SSSR count). The van der Waals surface area contributed by atoms with Crippen molar-refractivity contribution < 1.29 is 9.53 Å². The molecule has 1 N–H and O–H groups in total. The van der Waals surface area contributed by atoms with Gasteiger partial charge in [0, 0.05) is 19.1 Å². The fourth-order valence-corrected chi connectivity index (χ4v) is 2.47. The predicted molar refractivity (Wildman–Crippen MR) is 86.0 cm³/mol. The molecule has 1 saturated heterocycles. The molecule has 1 unspecified atom stereocenters. The highest BCUT2D eigenvalue weighted by molar-refractivity contribution is 6.33. The third-order valence-corrected chi connectivity index (χ3v) is 3.62. The van der Waals surface area contributed by atoms with Gasteiger partial charge in [-0.05, 0) is 45.4 Å². The predicted octanol–water partition coefficient (Wildman–Crippen LogP) is 3.63. The van der Waals surface area contributed by atoms with E-state index in [4.69, 9.17) is 21.6 Å². The molecule has 0 radical (unpaired) electrons. The molecule has 118 valence electrons. The van der Waals surface area contributed by atoms with Crippen LogP contribution in [0, 0.1) is 11.3 Å². The van der Waals surface area contributed by atoms with Crippen molar-refractivity contribution in [1.82, 2.24) is 4.90 Å². The Labute approximate surface area is 135 Å². The van der Waals surface area contributed by atoms with Crippen LogP contribution in [0.15, 0.2) is 18.2 Å². The number of carbonyl (C=O) groups excluding carboxylic acids is 1. The first-order chi connectivity index (χ1) is 10.3. The molecule has 1 amide bonds. The fraction of sp³-hybridized carbons (Fsp3) is 0.500. The van der Waals surface area contributed by atoms with Crippen molar-refractivity contribution >= 4 is 23.4 Å². The second-order valence-electron chi connectivity index (χ2n) is 6.36. The Morgan fingerprint density at radius 2 is 2.23 bits per heavy atom. The summed E-state index contributed by atoms with van der Waals surface area (Å²) in [6, 6.07) is 7.28. The van der Waals surface area contributed by atoms with Crippen molar-refractivity contribution in [2.24, 2.45) is 0 Å². The molecule has 0 saturated carbocycles. The van der Waals surface area contributed by atoms with Gasteiger partial charge < -0.3 is 15.0 Å². The number of carbonyl (C=O) groups is 1. The van der Waals surface area contributed by atoms with Gasteiger partial charge in [-0.1, -0.05) is 11.6 Å². The Hall–Kier alpha value is -1.93. The summed E-state index contributed by atoms with van der Waals surface area (Å²) in [6.07, 6.45) is 0.514. The van der Waals surface area contributed by atoms with Crippen molar-refractivity contribution in [3.8, 4) is 6.07 Å². The van der Waals surface area contributed by atoms with Crippen LogP contribution in [0.25, 0.3) is 0 Å². The van der Waals surface area contributed by atoms with E-state index in [0.717, 1.165) is 12.1 Å². The number of hydrogen-bond acceptors (Lipinski definition) is 4. The van der Waals surface area contributed by atoms with Crippen molar-refractivity contribution in [3.63, 3.8) is 0 Å². The minimum absolute atomic E-state index is 0.0963. The van der Waals surface area contributed by atoms with Gasteiger partial charge in [0.25, 0.3) is 0 Å². The van der Waals surface area contributed by atoms with E-state index in [1.807, 2.05) is 20.8 Å². The van der Waals surface area contributed by atoms with Gasteiger partial charge >= 0.3 is 6.09 Å².